The molecular formula is C30H43BrN10. The zero-order chi connectivity index (χ0) is 27.3. The lowest BCUT2D eigenvalue weighted by molar-refractivity contribution is 0.442. The molecule has 10 nitrogen and oxygen atoms in total. The van der Waals surface area contributed by atoms with E-state index in [9.17, 15) is 0 Å². The fourth-order valence-electron chi connectivity index (χ4n) is 4.05. The van der Waals surface area contributed by atoms with Gasteiger partial charge in [0.25, 0.3) is 0 Å². The van der Waals surface area contributed by atoms with Crippen molar-refractivity contribution < 1.29 is 0 Å². The first-order chi connectivity index (χ1) is 19.1. The molecule has 0 spiro atoms. The highest BCUT2D eigenvalue weighted by atomic mass is 79.9. The van der Waals surface area contributed by atoms with Crippen molar-refractivity contribution in [2.45, 2.75) is 40.8 Å². The van der Waals surface area contributed by atoms with Crippen LogP contribution in [0.2, 0.25) is 0 Å². The number of hydrogen-bond donors (Lipinski definition) is 3. The van der Waals surface area contributed by atoms with E-state index in [1.807, 2.05) is 36.5 Å². The molecule has 4 aromatic heterocycles. The SMILES string of the molecule is Brc1ccc(-c2ncccn2)cn1.C.C.C[C@@H]1CN(c2ccc(-c3ncccn3)cn2)CCN1.C[C@@H]1CNCCN1. The zero-order valence-corrected chi connectivity index (χ0v) is 23.9. The van der Waals surface area contributed by atoms with Gasteiger partial charge in [0.2, 0.25) is 0 Å². The Morgan fingerprint density at radius 3 is 1.73 bits per heavy atom. The first-order valence-corrected chi connectivity index (χ1v) is 13.9. The molecule has 41 heavy (non-hydrogen) atoms. The molecule has 6 heterocycles. The average Bonchev–Trinajstić information content (AvgIpc) is 3.00. The number of nitrogens with zero attached hydrogens (tertiary/aromatic N) is 7. The highest BCUT2D eigenvalue weighted by Gasteiger charge is 2.16. The summed E-state index contributed by atoms with van der Waals surface area (Å²) in [6.07, 6.45) is 10.5. The first-order valence-electron chi connectivity index (χ1n) is 13.1. The fourth-order valence-corrected chi connectivity index (χ4v) is 4.28. The predicted molar refractivity (Wildman–Crippen MR) is 172 cm³/mol. The Balaban J connectivity index is 0.000000232. The third kappa shape index (κ3) is 11.2. The van der Waals surface area contributed by atoms with Crippen LogP contribution in [0, 0.1) is 0 Å². The molecule has 2 fully saturated rings. The van der Waals surface area contributed by atoms with Gasteiger partial charge in [-0.25, -0.2) is 29.9 Å². The number of nitrogens with one attached hydrogen (secondary N) is 3. The third-order valence-corrected chi connectivity index (χ3v) is 6.53. The molecule has 6 rings (SSSR count). The van der Waals surface area contributed by atoms with Gasteiger partial charge in [-0.15, -0.1) is 0 Å². The number of aromatic nitrogens is 6. The number of pyridine rings is 2. The second kappa shape index (κ2) is 18.1. The summed E-state index contributed by atoms with van der Waals surface area (Å²) >= 11 is 3.27. The monoisotopic (exact) mass is 622 g/mol. The van der Waals surface area contributed by atoms with Gasteiger partial charge in [-0.05, 0) is 66.2 Å². The van der Waals surface area contributed by atoms with Crippen LogP contribution in [0.5, 0.6) is 0 Å². The van der Waals surface area contributed by atoms with Crippen LogP contribution in [0.1, 0.15) is 28.7 Å². The Labute approximate surface area is 253 Å². The van der Waals surface area contributed by atoms with E-state index in [0.29, 0.717) is 17.9 Å². The summed E-state index contributed by atoms with van der Waals surface area (Å²) in [6.45, 7) is 10.8. The minimum Gasteiger partial charge on any atom is -0.354 e. The molecule has 2 aliphatic rings. The van der Waals surface area contributed by atoms with Gasteiger partial charge in [0.15, 0.2) is 11.6 Å². The highest BCUT2D eigenvalue weighted by Crippen LogP contribution is 2.18. The summed E-state index contributed by atoms with van der Waals surface area (Å²) in [5.74, 6) is 2.44. The highest BCUT2D eigenvalue weighted by molar-refractivity contribution is 9.10. The Morgan fingerprint density at radius 1 is 0.707 bits per heavy atom. The summed E-state index contributed by atoms with van der Waals surface area (Å²) < 4.78 is 0.812. The molecule has 0 radical (unpaired) electrons. The fraction of sp³-hybridized carbons (Fsp3) is 0.400. The molecule has 4 aromatic rings. The average molecular weight is 624 g/mol. The summed E-state index contributed by atoms with van der Waals surface area (Å²) in [5.41, 5.74) is 1.87. The smallest absolute Gasteiger partial charge is 0.160 e. The van der Waals surface area contributed by atoms with E-state index in [2.05, 4.69) is 80.5 Å². The molecular weight excluding hydrogens is 580 g/mol. The van der Waals surface area contributed by atoms with Gasteiger partial charge in [-0.1, -0.05) is 14.9 Å². The maximum atomic E-state index is 4.53. The molecule has 2 saturated heterocycles. The van der Waals surface area contributed by atoms with Crippen molar-refractivity contribution in [3.8, 4) is 22.8 Å². The molecule has 0 saturated carbocycles. The van der Waals surface area contributed by atoms with Gasteiger partial charge >= 0.3 is 0 Å². The second-order valence-electron chi connectivity index (χ2n) is 9.28. The van der Waals surface area contributed by atoms with E-state index in [0.717, 1.165) is 66.6 Å². The summed E-state index contributed by atoms with van der Waals surface area (Å²) in [5, 5.41) is 10.0. The molecule has 2 aliphatic heterocycles. The van der Waals surface area contributed by atoms with E-state index in [1.165, 1.54) is 0 Å². The van der Waals surface area contributed by atoms with Gasteiger partial charge < -0.3 is 20.9 Å². The largest absolute Gasteiger partial charge is 0.354 e. The standard InChI is InChI=1S/C14H17N5.C9H6BrN3.C5H12N2.2CH4/c1-11-10-19(8-7-15-11)13-4-3-12(9-18-13)14-16-5-2-6-17-14;10-8-3-2-7(6-13-8)9-11-4-1-5-12-9;1-5-4-6-2-3-7-5;;/h2-6,9,11,15H,7-8,10H2,1H3;1-6H;5-7H,2-4H2,1H3;2*1H4/t11-;;5-;;/m1.1../s1. The topological polar surface area (TPSA) is 117 Å². The number of hydrogen-bond acceptors (Lipinski definition) is 10. The third-order valence-electron chi connectivity index (χ3n) is 6.06. The van der Waals surface area contributed by atoms with Crippen LogP contribution >= 0.6 is 15.9 Å². The predicted octanol–water partition coefficient (Wildman–Crippen LogP) is 4.48. The van der Waals surface area contributed by atoms with Crippen LogP contribution in [0.25, 0.3) is 22.8 Å². The van der Waals surface area contributed by atoms with Crippen LogP contribution in [-0.2, 0) is 0 Å². The number of anilines is 1. The van der Waals surface area contributed by atoms with Crippen molar-refractivity contribution in [1.29, 1.82) is 0 Å². The van der Waals surface area contributed by atoms with Gasteiger partial charge in [-0.3, -0.25) is 0 Å². The van der Waals surface area contributed by atoms with Crippen LogP contribution in [0.3, 0.4) is 0 Å². The lowest BCUT2D eigenvalue weighted by Crippen LogP contribution is -2.49. The quantitative estimate of drug-likeness (QED) is 0.282. The lowest BCUT2D eigenvalue weighted by Gasteiger charge is -2.32. The van der Waals surface area contributed by atoms with Gasteiger partial charge in [0.05, 0.1) is 0 Å². The van der Waals surface area contributed by atoms with Crippen molar-refractivity contribution >= 4 is 21.7 Å². The van der Waals surface area contributed by atoms with Gasteiger partial charge in [0, 0.05) is 99.7 Å². The van der Waals surface area contributed by atoms with Gasteiger partial charge in [-0.2, -0.15) is 0 Å². The van der Waals surface area contributed by atoms with E-state index in [1.54, 1.807) is 37.1 Å². The minimum atomic E-state index is 0. The lowest BCUT2D eigenvalue weighted by atomic mass is 10.2. The Kier molecular flexibility index (Phi) is 15.0. The molecule has 11 heteroatoms. The van der Waals surface area contributed by atoms with Crippen molar-refractivity contribution in [3.05, 3.63) is 78.2 Å². The molecule has 0 amide bonds. The van der Waals surface area contributed by atoms with Crippen LogP contribution in [-0.4, -0.2) is 81.3 Å². The zero-order valence-electron chi connectivity index (χ0n) is 22.3. The molecule has 0 unspecified atom stereocenters. The molecule has 2 atom stereocenters. The van der Waals surface area contributed by atoms with Crippen molar-refractivity contribution in [2.75, 3.05) is 44.2 Å². The Hall–Kier alpha value is -3.38. The van der Waals surface area contributed by atoms with E-state index in [4.69, 9.17) is 0 Å². The molecule has 0 bridgehead atoms. The number of rotatable bonds is 3. The van der Waals surface area contributed by atoms with E-state index >= 15 is 0 Å². The van der Waals surface area contributed by atoms with Crippen LogP contribution in [0.15, 0.2) is 78.2 Å². The number of halogens is 1. The Morgan fingerprint density at radius 2 is 1.29 bits per heavy atom. The van der Waals surface area contributed by atoms with Crippen LogP contribution < -0.4 is 20.9 Å². The summed E-state index contributed by atoms with van der Waals surface area (Å²) in [7, 11) is 0. The van der Waals surface area contributed by atoms with E-state index < -0.39 is 0 Å². The number of piperazine rings is 2. The molecule has 3 N–H and O–H groups in total. The van der Waals surface area contributed by atoms with Crippen molar-refractivity contribution in [3.63, 3.8) is 0 Å². The summed E-state index contributed by atoms with van der Waals surface area (Å²) in [4.78, 5) is 27.6. The minimum absolute atomic E-state index is 0. The maximum absolute atomic E-state index is 4.53. The van der Waals surface area contributed by atoms with E-state index in [-0.39, 0.29) is 14.9 Å². The van der Waals surface area contributed by atoms with Crippen molar-refractivity contribution in [1.82, 2.24) is 45.9 Å². The molecule has 220 valence electrons. The second-order valence-corrected chi connectivity index (χ2v) is 10.1. The van der Waals surface area contributed by atoms with Gasteiger partial charge in [0.1, 0.15) is 10.4 Å². The van der Waals surface area contributed by atoms with Crippen molar-refractivity contribution in [2.24, 2.45) is 0 Å². The molecule has 0 aromatic carbocycles. The molecule has 0 aliphatic carbocycles. The maximum Gasteiger partial charge on any atom is 0.160 e. The Bertz CT molecular complexity index is 1220. The van der Waals surface area contributed by atoms with Crippen LogP contribution in [0.4, 0.5) is 5.82 Å². The first kappa shape index (κ1) is 33.8. The normalized spacial score (nSPS) is 17.8. The summed E-state index contributed by atoms with van der Waals surface area (Å²) in [6, 6.07) is 12.6.